The van der Waals surface area contributed by atoms with Gasteiger partial charge >= 0.3 is 6.18 Å². The van der Waals surface area contributed by atoms with Crippen LogP contribution in [0.3, 0.4) is 0 Å². The number of likely N-dealkylation sites (N-methyl/N-ethyl adjacent to an activating group) is 1. The van der Waals surface area contributed by atoms with Gasteiger partial charge in [-0.1, -0.05) is 36.5 Å². The number of fused-ring (bicyclic) bond motifs is 1. The summed E-state index contributed by atoms with van der Waals surface area (Å²) < 4.78 is 41.9. The lowest BCUT2D eigenvalue weighted by molar-refractivity contribution is -0.138. The predicted octanol–water partition coefficient (Wildman–Crippen LogP) is 6.08. The molecule has 0 atom stereocenters. The van der Waals surface area contributed by atoms with Gasteiger partial charge in [-0.2, -0.15) is 13.2 Å². The molecule has 1 aliphatic heterocycles. The van der Waals surface area contributed by atoms with E-state index in [1.165, 1.54) is 23.5 Å². The molecule has 0 bridgehead atoms. The van der Waals surface area contributed by atoms with Gasteiger partial charge in [0.1, 0.15) is 10.3 Å². The van der Waals surface area contributed by atoms with Gasteiger partial charge in [-0.15, -0.1) is 0 Å². The average Bonchev–Trinajstić information content (AvgIpc) is 3.28. The quantitative estimate of drug-likeness (QED) is 0.322. The van der Waals surface area contributed by atoms with Crippen molar-refractivity contribution < 1.29 is 18.0 Å². The zero-order chi connectivity index (χ0) is 26.9. The third-order valence-electron chi connectivity index (χ3n) is 6.76. The zero-order valence-corrected chi connectivity index (χ0v) is 22.0. The molecule has 2 aromatic heterocycles. The molecule has 0 saturated carbocycles. The Morgan fingerprint density at radius 2 is 1.76 bits per heavy atom. The summed E-state index contributed by atoms with van der Waals surface area (Å²) in [6.07, 6.45) is -4.53. The molecular formula is C28H28F3N5OS. The molecule has 1 saturated heterocycles. The van der Waals surface area contributed by atoms with E-state index in [0.717, 1.165) is 59.7 Å². The number of alkyl halides is 3. The maximum Gasteiger partial charge on any atom is 0.416 e. The number of thiazole rings is 1. The molecule has 1 N–H and O–H groups in total. The number of nitrogens with zero attached hydrogens (tertiary/aromatic N) is 4. The number of piperazine rings is 1. The van der Waals surface area contributed by atoms with Crippen LogP contribution in [0.2, 0.25) is 0 Å². The Labute approximate surface area is 223 Å². The van der Waals surface area contributed by atoms with E-state index in [9.17, 15) is 18.0 Å². The Bertz CT molecular complexity index is 1460. The number of hydrogen-bond donors (Lipinski definition) is 1. The molecule has 0 aliphatic carbocycles. The van der Waals surface area contributed by atoms with Crippen LogP contribution in [0.4, 0.5) is 18.9 Å². The third-order valence-corrected chi connectivity index (χ3v) is 7.64. The average molecular weight is 540 g/mol. The van der Waals surface area contributed by atoms with Crippen LogP contribution in [0.5, 0.6) is 0 Å². The Balaban J connectivity index is 1.34. The molecule has 2 aromatic carbocycles. The first-order chi connectivity index (χ1) is 18.2. The van der Waals surface area contributed by atoms with Gasteiger partial charge in [-0.25, -0.2) is 9.97 Å². The number of amides is 1. The topological polar surface area (TPSA) is 61.4 Å². The molecule has 10 heteroatoms. The number of carbonyl (C=O) groups excluding carboxylic acids is 1. The first-order valence-corrected chi connectivity index (χ1v) is 13.3. The van der Waals surface area contributed by atoms with Gasteiger partial charge in [-0.05, 0) is 55.4 Å². The van der Waals surface area contributed by atoms with E-state index < -0.39 is 17.6 Å². The van der Waals surface area contributed by atoms with Crippen molar-refractivity contribution in [2.45, 2.75) is 26.6 Å². The van der Waals surface area contributed by atoms with Gasteiger partial charge < -0.3 is 10.2 Å². The van der Waals surface area contributed by atoms with Crippen LogP contribution >= 0.6 is 11.3 Å². The first-order valence-electron chi connectivity index (χ1n) is 12.5. The summed E-state index contributed by atoms with van der Waals surface area (Å²) in [6.45, 7) is 8.31. The molecule has 0 radical (unpaired) electrons. The van der Waals surface area contributed by atoms with Gasteiger partial charge in [0.2, 0.25) is 0 Å². The molecular weight excluding hydrogens is 511 g/mol. The summed E-state index contributed by atoms with van der Waals surface area (Å²) in [5.41, 5.74) is 2.17. The SMILES string of the molecule is CCN1CCN(Cc2ccc(NC(=O)c3cccc(-c4ccc5nc(C)sc5n4)c3)cc2C(F)(F)F)CC1. The Kier molecular flexibility index (Phi) is 7.47. The highest BCUT2D eigenvalue weighted by Crippen LogP contribution is 2.35. The number of anilines is 1. The summed E-state index contributed by atoms with van der Waals surface area (Å²) >= 11 is 1.49. The second-order valence-electron chi connectivity index (χ2n) is 9.37. The number of halogens is 3. The van der Waals surface area contributed by atoms with E-state index in [-0.39, 0.29) is 17.8 Å². The molecule has 1 amide bonds. The van der Waals surface area contributed by atoms with Crippen LogP contribution in [-0.2, 0) is 12.7 Å². The summed E-state index contributed by atoms with van der Waals surface area (Å²) in [4.78, 5) is 27.2. The fourth-order valence-electron chi connectivity index (χ4n) is 4.67. The van der Waals surface area contributed by atoms with Gasteiger partial charge in [0.25, 0.3) is 5.91 Å². The highest BCUT2D eigenvalue weighted by Gasteiger charge is 2.34. The Hall–Kier alpha value is -3.34. The monoisotopic (exact) mass is 539 g/mol. The lowest BCUT2D eigenvalue weighted by Gasteiger charge is -2.34. The smallest absolute Gasteiger partial charge is 0.322 e. The predicted molar refractivity (Wildman–Crippen MR) is 144 cm³/mol. The molecule has 6 nitrogen and oxygen atoms in total. The van der Waals surface area contributed by atoms with E-state index in [4.69, 9.17) is 0 Å². The Morgan fingerprint density at radius 1 is 1.00 bits per heavy atom. The molecule has 38 heavy (non-hydrogen) atoms. The summed E-state index contributed by atoms with van der Waals surface area (Å²) in [6, 6.07) is 14.7. The fraction of sp³-hybridized carbons (Fsp3) is 0.321. The van der Waals surface area contributed by atoms with E-state index in [0.29, 0.717) is 11.3 Å². The zero-order valence-electron chi connectivity index (χ0n) is 21.2. The normalized spacial score (nSPS) is 15.2. The molecule has 0 unspecified atom stereocenters. The van der Waals surface area contributed by atoms with E-state index in [1.807, 2.05) is 30.0 Å². The van der Waals surface area contributed by atoms with E-state index in [1.54, 1.807) is 18.2 Å². The van der Waals surface area contributed by atoms with Gasteiger partial charge in [0.15, 0.2) is 0 Å². The summed E-state index contributed by atoms with van der Waals surface area (Å²) in [5.74, 6) is -0.488. The number of pyridine rings is 1. The minimum Gasteiger partial charge on any atom is -0.322 e. The van der Waals surface area contributed by atoms with Gasteiger partial charge in [0.05, 0.1) is 16.3 Å². The van der Waals surface area contributed by atoms with Crippen LogP contribution in [0, 0.1) is 6.92 Å². The number of carbonyl (C=O) groups is 1. The van der Waals surface area contributed by atoms with Crippen molar-refractivity contribution in [1.82, 2.24) is 19.8 Å². The molecule has 3 heterocycles. The summed E-state index contributed by atoms with van der Waals surface area (Å²) in [5, 5.41) is 3.56. The minimum atomic E-state index is -4.53. The van der Waals surface area contributed by atoms with E-state index >= 15 is 0 Å². The highest BCUT2D eigenvalue weighted by atomic mass is 32.1. The molecule has 1 fully saturated rings. The van der Waals surface area contributed by atoms with Gasteiger partial charge in [-0.3, -0.25) is 9.69 Å². The number of benzene rings is 2. The van der Waals surface area contributed by atoms with Crippen LogP contribution in [0.25, 0.3) is 21.6 Å². The number of aryl methyl sites for hydroxylation is 1. The van der Waals surface area contributed by atoms with Crippen molar-refractivity contribution in [2.24, 2.45) is 0 Å². The molecule has 4 aromatic rings. The maximum atomic E-state index is 14.0. The lowest BCUT2D eigenvalue weighted by Crippen LogP contribution is -2.45. The highest BCUT2D eigenvalue weighted by molar-refractivity contribution is 7.18. The van der Waals surface area contributed by atoms with Crippen LogP contribution in [-0.4, -0.2) is 58.4 Å². The maximum absolute atomic E-state index is 14.0. The molecule has 5 rings (SSSR count). The van der Waals surface area contributed by atoms with Crippen LogP contribution < -0.4 is 5.32 Å². The lowest BCUT2D eigenvalue weighted by atomic mass is 10.0. The van der Waals surface area contributed by atoms with Crippen molar-refractivity contribution in [3.05, 3.63) is 76.3 Å². The second-order valence-corrected chi connectivity index (χ2v) is 10.6. The Morgan fingerprint density at radius 3 is 2.50 bits per heavy atom. The first kappa shape index (κ1) is 26.3. The minimum absolute atomic E-state index is 0.104. The number of aromatic nitrogens is 2. The van der Waals surface area contributed by atoms with Crippen molar-refractivity contribution in [2.75, 3.05) is 38.0 Å². The number of hydrogen-bond acceptors (Lipinski definition) is 6. The van der Waals surface area contributed by atoms with Crippen LogP contribution in [0.15, 0.2) is 54.6 Å². The standard InChI is InChI=1S/C28H28F3N5OS/c1-3-35-11-13-36(14-12-35)17-21-7-8-22(16-23(21)28(29,30)31)33-26(37)20-6-4-5-19(15-20)24-9-10-25-27(34-24)38-18(2)32-25/h4-10,15-16H,3,11-14,17H2,1-2H3,(H,33,37). The largest absolute Gasteiger partial charge is 0.416 e. The molecule has 0 spiro atoms. The van der Waals surface area contributed by atoms with Crippen molar-refractivity contribution in [1.29, 1.82) is 0 Å². The second kappa shape index (κ2) is 10.8. The summed E-state index contributed by atoms with van der Waals surface area (Å²) in [7, 11) is 0. The third kappa shape index (κ3) is 5.87. The van der Waals surface area contributed by atoms with Crippen molar-refractivity contribution >= 4 is 33.3 Å². The fourth-order valence-corrected chi connectivity index (χ4v) is 5.46. The van der Waals surface area contributed by atoms with Gasteiger partial charge in [0, 0.05) is 49.5 Å². The van der Waals surface area contributed by atoms with Crippen molar-refractivity contribution in [3.63, 3.8) is 0 Å². The van der Waals surface area contributed by atoms with E-state index in [2.05, 4.69) is 27.1 Å². The molecule has 198 valence electrons. The van der Waals surface area contributed by atoms with Crippen LogP contribution in [0.1, 0.15) is 33.4 Å². The van der Waals surface area contributed by atoms with Crippen molar-refractivity contribution in [3.8, 4) is 11.3 Å². The number of rotatable bonds is 6. The molecule has 1 aliphatic rings. The number of nitrogens with one attached hydrogen (secondary N) is 1.